The first-order valence-electron chi connectivity index (χ1n) is 6.51. The first-order chi connectivity index (χ1) is 10.2. The molecule has 2 aromatic carbocycles. The zero-order chi connectivity index (χ0) is 14.4. The Hall–Kier alpha value is -2.95. The maximum atomic E-state index is 13.6. The number of aromatic nitrogens is 3. The van der Waals surface area contributed by atoms with E-state index in [0.717, 1.165) is 16.6 Å². The van der Waals surface area contributed by atoms with Crippen LogP contribution < -0.4 is 5.73 Å². The average molecular weight is 278 g/mol. The van der Waals surface area contributed by atoms with Gasteiger partial charge in [0.05, 0.1) is 22.2 Å². The molecular weight excluding hydrogens is 267 g/mol. The molecule has 0 atom stereocenters. The highest BCUT2D eigenvalue weighted by Gasteiger charge is 2.13. The molecule has 2 heterocycles. The topological polar surface area (TPSA) is 56.7 Å². The third-order valence-corrected chi connectivity index (χ3v) is 3.49. The Kier molecular flexibility index (Phi) is 2.41. The van der Waals surface area contributed by atoms with Gasteiger partial charge >= 0.3 is 0 Å². The molecule has 4 rings (SSSR count). The molecule has 5 heteroatoms. The van der Waals surface area contributed by atoms with Crippen LogP contribution in [0, 0.1) is 5.82 Å². The maximum Gasteiger partial charge on any atom is 0.206 e. The molecule has 2 aromatic heterocycles. The first kappa shape index (κ1) is 11.8. The monoisotopic (exact) mass is 278 g/mol. The van der Waals surface area contributed by atoms with Crippen molar-refractivity contribution in [1.29, 1.82) is 0 Å². The van der Waals surface area contributed by atoms with Crippen LogP contribution in [0.15, 0.2) is 54.7 Å². The van der Waals surface area contributed by atoms with Gasteiger partial charge in [-0.3, -0.25) is 9.55 Å². The van der Waals surface area contributed by atoms with Crippen LogP contribution in [-0.4, -0.2) is 14.5 Å². The van der Waals surface area contributed by atoms with E-state index in [0.29, 0.717) is 17.0 Å². The number of anilines is 1. The standard InChI is InChI=1S/C16H11FN4/c17-11-6-7-12-14(9-11)21(16(18)20-12)13-5-1-3-10-4-2-8-19-15(10)13/h1-9H,(H2,18,20). The van der Waals surface area contributed by atoms with E-state index < -0.39 is 0 Å². The minimum atomic E-state index is -0.322. The number of halogens is 1. The molecule has 0 aliphatic heterocycles. The summed E-state index contributed by atoms with van der Waals surface area (Å²) in [4.78, 5) is 8.69. The minimum Gasteiger partial charge on any atom is -0.369 e. The highest BCUT2D eigenvalue weighted by Crippen LogP contribution is 2.27. The zero-order valence-electron chi connectivity index (χ0n) is 11.0. The third-order valence-electron chi connectivity index (χ3n) is 3.49. The lowest BCUT2D eigenvalue weighted by molar-refractivity contribution is 0.629. The van der Waals surface area contributed by atoms with Crippen LogP contribution in [0.5, 0.6) is 0 Å². The van der Waals surface area contributed by atoms with E-state index in [4.69, 9.17) is 5.73 Å². The largest absolute Gasteiger partial charge is 0.369 e. The fourth-order valence-corrected chi connectivity index (χ4v) is 2.59. The number of nitrogens with zero attached hydrogens (tertiary/aromatic N) is 3. The molecule has 102 valence electrons. The minimum absolute atomic E-state index is 0.314. The predicted molar refractivity (Wildman–Crippen MR) is 80.7 cm³/mol. The number of pyridine rings is 1. The Bertz CT molecular complexity index is 969. The highest BCUT2D eigenvalue weighted by molar-refractivity contribution is 5.90. The molecule has 0 aliphatic rings. The smallest absolute Gasteiger partial charge is 0.206 e. The lowest BCUT2D eigenvalue weighted by Crippen LogP contribution is -2.02. The van der Waals surface area contributed by atoms with Crippen LogP contribution in [0.3, 0.4) is 0 Å². The predicted octanol–water partition coefficient (Wildman–Crippen LogP) is 3.30. The summed E-state index contributed by atoms with van der Waals surface area (Å²) in [5, 5.41) is 0.993. The molecule has 0 spiro atoms. The fourth-order valence-electron chi connectivity index (χ4n) is 2.59. The summed E-state index contributed by atoms with van der Waals surface area (Å²) in [6.45, 7) is 0. The van der Waals surface area contributed by atoms with Crippen molar-refractivity contribution in [2.24, 2.45) is 0 Å². The van der Waals surface area contributed by atoms with Crippen LogP contribution in [-0.2, 0) is 0 Å². The molecule has 0 saturated heterocycles. The number of imidazole rings is 1. The van der Waals surface area contributed by atoms with Gasteiger partial charge in [0.15, 0.2) is 0 Å². The summed E-state index contributed by atoms with van der Waals surface area (Å²) in [6, 6.07) is 14.1. The van der Waals surface area contributed by atoms with Crippen LogP contribution in [0.25, 0.3) is 27.6 Å². The van der Waals surface area contributed by atoms with E-state index in [-0.39, 0.29) is 5.82 Å². The number of fused-ring (bicyclic) bond motifs is 2. The molecule has 0 bridgehead atoms. The maximum absolute atomic E-state index is 13.6. The van der Waals surface area contributed by atoms with Crippen molar-refractivity contribution in [2.75, 3.05) is 5.73 Å². The number of para-hydroxylation sites is 1. The second-order valence-corrected chi connectivity index (χ2v) is 4.79. The van der Waals surface area contributed by atoms with Gasteiger partial charge in [-0.15, -0.1) is 0 Å². The van der Waals surface area contributed by atoms with Gasteiger partial charge in [-0.1, -0.05) is 18.2 Å². The van der Waals surface area contributed by atoms with Crippen LogP contribution >= 0.6 is 0 Å². The van der Waals surface area contributed by atoms with Crippen molar-refractivity contribution in [1.82, 2.24) is 14.5 Å². The molecule has 0 radical (unpaired) electrons. The number of nitrogens with two attached hydrogens (primary N) is 1. The second-order valence-electron chi connectivity index (χ2n) is 4.79. The molecule has 21 heavy (non-hydrogen) atoms. The van der Waals surface area contributed by atoms with Gasteiger partial charge < -0.3 is 5.73 Å². The average Bonchev–Trinajstić information content (AvgIpc) is 2.82. The van der Waals surface area contributed by atoms with Crippen molar-refractivity contribution >= 4 is 27.9 Å². The van der Waals surface area contributed by atoms with E-state index in [2.05, 4.69) is 9.97 Å². The van der Waals surface area contributed by atoms with Crippen LogP contribution in [0.1, 0.15) is 0 Å². The Labute approximate surface area is 119 Å². The van der Waals surface area contributed by atoms with Crippen LogP contribution in [0.2, 0.25) is 0 Å². The van der Waals surface area contributed by atoms with Gasteiger partial charge in [0.1, 0.15) is 5.82 Å². The number of nitrogen functional groups attached to an aromatic ring is 1. The van der Waals surface area contributed by atoms with Crippen molar-refractivity contribution in [2.45, 2.75) is 0 Å². The lowest BCUT2D eigenvalue weighted by atomic mass is 10.2. The number of benzene rings is 2. The summed E-state index contributed by atoms with van der Waals surface area (Å²) in [5.74, 6) is -0.00870. The molecule has 2 N–H and O–H groups in total. The summed E-state index contributed by atoms with van der Waals surface area (Å²) in [5.41, 5.74) is 8.90. The fraction of sp³-hybridized carbons (Fsp3) is 0. The Morgan fingerprint density at radius 1 is 1.05 bits per heavy atom. The summed E-state index contributed by atoms with van der Waals surface area (Å²) < 4.78 is 15.3. The lowest BCUT2D eigenvalue weighted by Gasteiger charge is -2.09. The van der Waals surface area contributed by atoms with Crippen molar-refractivity contribution < 1.29 is 4.39 Å². The van der Waals surface area contributed by atoms with Gasteiger partial charge in [-0.25, -0.2) is 9.37 Å². The summed E-state index contributed by atoms with van der Waals surface area (Å²) in [6.07, 6.45) is 1.72. The van der Waals surface area contributed by atoms with Gasteiger partial charge in [0.2, 0.25) is 5.95 Å². The van der Waals surface area contributed by atoms with Gasteiger partial charge in [-0.05, 0) is 24.3 Å². The quantitative estimate of drug-likeness (QED) is 0.581. The normalized spacial score (nSPS) is 11.3. The molecule has 0 aliphatic carbocycles. The molecular formula is C16H11FN4. The molecule has 0 unspecified atom stereocenters. The van der Waals surface area contributed by atoms with Gasteiger partial charge in [0, 0.05) is 17.6 Å². The SMILES string of the molecule is Nc1nc2ccc(F)cc2n1-c1cccc2cccnc12. The number of rotatable bonds is 1. The Morgan fingerprint density at radius 3 is 2.81 bits per heavy atom. The van der Waals surface area contributed by atoms with Crippen LogP contribution in [0.4, 0.5) is 10.3 Å². The van der Waals surface area contributed by atoms with E-state index >= 15 is 0 Å². The van der Waals surface area contributed by atoms with Crippen molar-refractivity contribution in [3.8, 4) is 5.69 Å². The van der Waals surface area contributed by atoms with Gasteiger partial charge in [0.25, 0.3) is 0 Å². The Balaban J connectivity index is 2.14. The number of hydrogen-bond donors (Lipinski definition) is 1. The van der Waals surface area contributed by atoms with E-state index in [1.165, 1.54) is 12.1 Å². The third kappa shape index (κ3) is 1.74. The zero-order valence-corrected chi connectivity index (χ0v) is 11.0. The van der Waals surface area contributed by atoms with Gasteiger partial charge in [-0.2, -0.15) is 0 Å². The van der Waals surface area contributed by atoms with E-state index in [1.807, 2.05) is 30.3 Å². The van der Waals surface area contributed by atoms with E-state index in [1.54, 1.807) is 16.8 Å². The molecule has 0 saturated carbocycles. The Morgan fingerprint density at radius 2 is 1.90 bits per heavy atom. The first-order valence-corrected chi connectivity index (χ1v) is 6.51. The van der Waals surface area contributed by atoms with Crippen molar-refractivity contribution in [3.05, 3.63) is 60.5 Å². The molecule has 0 amide bonds. The molecule has 4 aromatic rings. The second kappa shape index (κ2) is 4.28. The summed E-state index contributed by atoms with van der Waals surface area (Å²) >= 11 is 0. The van der Waals surface area contributed by atoms with E-state index in [9.17, 15) is 4.39 Å². The molecule has 0 fully saturated rings. The molecule has 4 nitrogen and oxygen atoms in total. The number of hydrogen-bond acceptors (Lipinski definition) is 3. The van der Waals surface area contributed by atoms with Crippen molar-refractivity contribution in [3.63, 3.8) is 0 Å². The summed E-state index contributed by atoms with van der Waals surface area (Å²) in [7, 11) is 0. The highest BCUT2D eigenvalue weighted by atomic mass is 19.1.